The summed E-state index contributed by atoms with van der Waals surface area (Å²) in [6.45, 7) is 5.64. The van der Waals surface area contributed by atoms with Gasteiger partial charge in [0.15, 0.2) is 11.6 Å². The van der Waals surface area contributed by atoms with Crippen LogP contribution >= 0.6 is 0 Å². The zero-order valence-corrected chi connectivity index (χ0v) is 18.4. The number of benzene rings is 1. The van der Waals surface area contributed by atoms with Gasteiger partial charge in [-0.1, -0.05) is 0 Å². The van der Waals surface area contributed by atoms with Gasteiger partial charge in [-0.2, -0.15) is 0 Å². The van der Waals surface area contributed by atoms with Crippen molar-refractivity contribution in [2.45, 2.75) is 18.9 Å². The van der Waals surface area contributed by atoms with E-state index in [9.17, 15) is 19.3 Å². The minimum Gasteiger partial charge on any atom is -0.454 e. The summed E-state index contributed by atoms with van der Waals surface area (Å²) in [5.74, 6) is -0.479. The molecule has 2 amide bonds. The number of rotatable bonds is 5. The van der Waals surface area contributed by atoms with E-state index in [2.05, 4.69) is 27.1 Å². The molecule has 0 saturated carbocycles. The van der Waals surface area contributed by atoms with Crippen LogP contribution in [-0.2, 0) is 0 Å². The number of hydrogen-bond acceptors (Lipinski definition) is 7. The molecule has 1 aromatic carbocycles. The molecule has 1 aromatic heterocycles. The van der Waals surface area contributed by atoms with E-state index in [1.807, 2.05) is 0 Å². The number of anilines is 1. The molecule has 0 spiro atoms. The van der Waals surface area contributed by atoms with Gasteiger partial charge in [0.05, 0.1) is 11.0 Å². The molecular formula is C22H27FN6O4. The van der Waals surface area contributed by atoms with E-state index in [1.54, 1.807) is 4.90 Å². The minimum atomic E-state index is -0.852. The summed E-state index contributed by atoms with van der Waals surface area (Å²) in [5, 5.41) is 13.5. The van der Waals surface area contributed by atoms with Gasteiger partial charge in [0.2, 0.25) is 0 Å². The number of likely N-dealkylation sites (N-methyl/N-ethyl adjacent to an activating group) is 1. The molecular weight excluding hydrogens is 431 g/mol. The van der Waals surface area contributed by atoms with Crippen molar-refractivity contribution in [1.82, 2.24) is 19.7 Å². The molecule has 10 nitrogen and oxygen atoms in total. The maximum atomic E-state index is 14.1. The lowest BCUT2D eigenvalue weighted by molar-refractivity contribution is -0.385. The molecule has 176 valence electrons. The molecule has 2 saturated heterocycles. The summed E-state index contributed by atoms with van der Waals surface area (Å²) in [5.41, 5.74) is -0.362. The number of halogens is 1. The molecule has 0 radical (unpaired) electrons. The normalized spacial score (nSPS) is 18.2. The number of nitro benzene ring substituents is 1. The monoisotopic (exact) mass is 458 g/mol. The van der Waals surface area contributed by atoms with Crippen LogP contribution in [0.4, 0.5) is 20.7 Å². The highest BCUT2D eigenvalue weighted by molar-refractivity contribution is 5.88. The van der Waals surface area contributed by atoms with Crippen molar-refractivity contribution >= 4 is 17.5 Å². The van der Waals surface area contributed by atoms with Crippen LogP contribution in [0.2, 0.25) is 0 Å². The lowest BCUT2D eigenvalue weighted by Gasteiger charge is -2.42. The average molecular weight is 458 g/mol. The number of ether oxygens (including phenoxy) is 1. The van der Waals surface area contributed by atoms with Gasteiger partial charge in [0, 0.05) is 63.6 Å². The van der Waals surface area contributed by atoms with Crippen molar-refractivity contribution in [2.75, 3.05) is 51.6 Å². The number of nitrogens with zero attached hydrogens (tertiary/aromatic N) is 5. The Kier molecular flexibility index (Phi) is 6.99. The summed E-state index contributed by atoms with van der Waals surface area (Å²) in [4.78, 5) is 33.5. The van der Waals surface area contributed by atoms with Gasteiger partial charge < -0.3 is 14.5 Å². The Hall–Kier alpha value is -3.31. The molecule has 2 aromatic rings. The Morgan fingerprint density at radius 2 is 1.88 bits per heavy atom. The highest BCUT2D eigenvalue weighted by atomic mass is 19.1. The van der Waals surface area contributed by atoms with E-state index in [-0.39, 0.29) is 29.0 Å². The van der Waals surface area contributed by atoms with E-state index in [0.29, 0.717) is 19.1 Å². The Labute approximate surface area is 191 Å². The number of nitro groups is 1. The fraction of sp³-hybridized carbons (Fsp3) is 0.455. The van der Waals surface area contributed by atoms with Crippen LogP contribution in [0.25, 0.3) is 0 Å². The highest BCUT2D eigenvalue weighted by Gasteiger charge is 2.28. The lowest BCUT2D eigenvalue weighted by atomic mass is 10.0. The van der Waals surface area contributed by atoms with Gasteiger partial charge in [0.25, 0.3) is 5.69 Å². The van der Waals surface area contributed by atoms with Gasteiger partial charge in [-0.3, -0.25) is 20.3 Å². The van der Waals surface area contributed by atoms with Crippen LogP contribution in [0.15, 0.2) is 36.5 Å². The fourth-order valence-corrected chi connectivity index (χ4v) is 4.17. The molecule has 0 atom stereocenters. The maximum Gasteiger partial charge on any atom is 0.323 e. The molecule has 4 rings (SSSR count). The Balaban J connectivity index is 1.31. The minimum absolute atomic E-state index is 0.157. The standard InChI is InChI=1S/C22H27FN6O4/c1-26-10-12-27(13-11-26)16-5-8-28(9-6-16)22(30)25-21-15-18(4-7-24-21)33-20-3-2-17(29(31)32)14-19(20)23/h2-4,7,14-16H,5-6,8-13H2,1H3,(H,24,25,30). The number of urea groups is 1. The molecule has 2 aliphatic heterocycles. The van der Waals surface area contributed by atoms with Gasteiger partial charge in [-0.05, 0) is 32.0 Å². The number of piperidine rings is 1. The molecule has 0 unspecified atom stereocenters. The first-order chi connectivity index (χ1) is 15.9. The molecule has 33 heavy (non-hydrogen) atoms. The van der Waals surface area contributed by atoms with Crippen molar-refractivity contribution in [3.8, 4) is 11.5 Å². The van der Waals surface area contributed by atoms with Gasteiger partial charge >= 0.3 is 6.03 Å². The van der Waals surface area contributed by atoms with Crippen LogP contribution in [-0.4, -0.2) is 83.0 Å². The predicted octanol–water partition coefficient (Wildman–Crippen LogP) is 3.16. The van der Waals surface area contributed by atoms with Crippen molar-refractivity contribution in [3.05, 3.63) is 52.5 Å². The summed E-state index contributed by atoms with van der Waals surface area (Å²) in [7, 11) is 2.14. The Morgan fingerprint density at radius 1 is 1.15 bits per heavy atom. The quantitative estimate of drug-likeness (QED) is 0.542. The van der Waals surface area contributed by atoms with E-state index in [0.717, 1.165) is 51.2 Å². The first-order valence-electron chi connectivity index (χ1n) is 11.0. The zero-order valence-electron chi connectivity index (χ0n) is 18.4. The molecule has 3 heterocycles. The fourth-order valence-electron chi connectivity index (χ4n) is 4.17. The number of non-ortho nitro benzene ring substituents is 1. The summed E-state index contributed by atoms with van der Waals surface area (Å²) >= 11 is 0. The molecule has 0 bridgehead atoms. The average Bonchev–Trinajstić information content (AvgIpc) is 2.81. The SMILES string of the molecule is CN1CCN(C2CCN(C(=O)Nc3cc(Oc4ccc([N+](=O)[O-])cc4F)ccn3)CC2)CC1. The van der Waals surface area contributed by atoms with E-state index >= 15 is 0 Å². The van der Waals surface area contributed by atoms with Crippen molar-refractivity contribution in [3.63, 3.8) is 0 Å². The predicted molar refractivity (Wildman–Crippen MR) is 120 cm³/mol. The number of pyridine rings is 1. The second-order valence-electron chi connectivity index (χ2n) is 8.34. The molecule has 2 fully saturated rings. The largest absolute Gasteiger partial charge is 0.454 e. The van der Waals surface area contributed by atoms with Crippen LogP contribution < -0.4 is 10.1 Å². The van der Waals surface area contributed by atoms with Crippen molar-refractivity contribution in [2.24, 2.45) is 0 Å². The number of nitrogens with one attached hydrogen (secondary N) is 1. The summed E-state index contributed by atoms with van der Waals surface area (Å²) < 4.78 is 19.6. The maximum absolute atomic E-state index is 14.1. The lowest BCUT2D eigenvalue weighted by Crippen LogP contribution is -2.53. The topological polar surface area (TPSA) is 104 Å². The third-order valence-corrected chi connectivity index (χ3v) is 6.13. The van der Waals surface area contributed by atoms with Crippen molar-refractivity contribution in [1.29, 1.82) is 0 Å². The summed E-state index contributed by atoms with van der Waals surface area (Å²) in [6, 6.07) is 6.41. The van der Waals surface area contributed by atoms with Crippen LogP contribution in [0.1, 0.15) is 12.8 Å². The number of amides is 2. The second kappa shape index (κ2) is 10.1. The molecule has 0 aliphatic carbocycles. The van der Waals surface area contributed by atoms with E-state index in [4.69, 9.17) is 4.74 Å². The van der Waals surface area contributed by atoms with E-state index in [1.165, 1.54) is 24.4 Å². The molecule has 2 aliphatic rings. The molecule has 1 N–H and O–H groups in total. The van der Waals surface area contributed by atoms with Crippen LogP contribution in [0.3, 0.4) is 0 Å². The van der Waals surface area contributed by atoms with Crippen molar-refractivity contribution < 1.29 is 18.8 Å². The first kappa shape index (κ1) is 22.9. The number of likely N-dealkylation sites (tertiary alicyclic amines) is 1. The highest BCUT2D eigenvalue weighted by Crippen LogP contribution is 2.28. The number of carbonyl (C=O) groups is 1. The number of piperazine rings is 1. The van der Waals surface area contributed by atoms with Gasteiger partial charge in [-0.15, -0.1) is 0 Å². The number of carbonyl (C=O) groups excluding carboxylic acids is 1. The number of aromatic nitrogens is 1. The van der Waals surface area contributed by atoms with Gasteiger partial charge in [0.1, 0.15) is 11.6 Å². The van der Waals surface area contributed by atoms with Crippen LogP contribution in [0, 0.1) is 15.9 Å². The van der Waals surface area contributed by atoms with E-state index < -0.39 is 10.7 Å². The second-order valence-corrected chi connectivity index (χ2v) is 8.34. The Morgan fingerprint density at radius 3 is 2.55 bits per heavy atom. The van der Waals surface area contributed by atoms with Crippen LogP contribution in [0.5, 0.6) is 11.5 Å². The molecule has 11 heteroatoms. The summed E-state index contributed by atoms with van der Waals surface area (Å²) in [6.07, 6.45) is 3.31. The third kappa shape index (κ3) is 5.74. The smallest absolute Gasteiger partial charge is 0.323 e. The first-order valence-corrected chi connectivity index (χ1v) is 11.0. The third-order valence-electron chi connectivity index (χ3n) is 6.13. The number of hydrogen-bond donors (Lipinski definition) is 1. The zero-order chi connectivity index (χ0) is 23.4. The van der Waals surface area contributed by atoms with Gasteiger partial charge in [-0.25, -0.2) is 14.2 Å². The Bertz CT molecular complexity index is 1010.